The van der Waals surface area contributed by atoms with Crippen LogP contribution in [0.25, 0.3) is 0 Å². The second kappa shape index (κ2) is 4.85. The minimum absolute atomic E-state index is 0.0374. The van der Waals surface area contributed by atoms with Crippen LogP contribution >= 0.6 is 0 Å². The van der Waals surface area contributed by atoms with Gasteiger partial charge >= 0.3 is 5.97 Å². The van der Waals surface area contributed by atoms with Crippen molar-refractivity contribution in [1.82, 2.24) is 0 Å². The van der Waals surface area contributed by atoms with Gasteiger partial charge in [-0.3, -0.25) is 4.79 Å². The Morgan fingerprint density at radius 3 is 2.47 bits per heavy atom. The Kier molecular flexibility index (Phi) is 3.90. The van der Waals surface area contributed by atoms with Crippen LogP contribution in [0.5, 0.6) is 0 Å². The molecule has 5 nitrogen and oxygen atoms in total. The molecule has 3 N–H and O–H groups in total. The molecule has 0 radical (unpaired) electrons. The van der Waals surface area contributed by atoms with Gasteiger partial charge in [0.15, 0.2) is 15.1 Å². The van der Waals surface area contributed by atoms with Gasteiger partial charge in [0.2, 0.25) is 0 Å². The van der Waals surface area contributed by atoms with Crippen LogP contribution < -0.4 is 5.73 Å². The second-order valence-electron chi connectivity index (χ2n) is 3.88. The Bertz CT molecular complexity index is 536. The monoisotopic (exact) mass is 257 g/mol. The minimum atomic E-state index is -3.93. The number of carboxylic acid groups (broad SMARTS) is 1. The van der Waals surface area contributed by atoms with Crippen LogP contribution in [0.1, 0.15) is 11.1 Å². The molecule has 0 spiro atoms. The van der Waals surface area contributed by atoms with Gasteiger partial charge in [0.25, 0.3) is 0 Å². The molecule has 0 aromatic heterocycles. The van der Waals surface area contributed by atoms with Crippen LogP contribution in [0.15, 0.2) is 23.1 Å². The first-order chi connectivity index (χ1) is 7.80. The Balaban J connectivity index is 3.40. The molecule has 0 aliphatic heterocycles. The molecule has 1 rings (SSSR count). The van der Waals surface area contributed by atoms with Crippen molar-refractivity contribution in [1.29, 1.82) is 0 Å². The van der Waals surface area contributed by atoms with Gasteiger partial charge in [-0.25, -0.2) is 8.42 Å². The van der Waals surface area contributed by atoms with Gasteiger partial charge in [-0.2, -0.15) is 0 Å². The summed E-state index contributed by atoms with van der Waals surface area (Å²) in [4.78, 5) is 10.9. The third-order valence-electron chi connectivity index (χ3n) is 2.51. The normalized spacial score (nSPS) is 13.4. The minimum Gasteiger partial charge on any atom is -0.480 e. The van der Waals surface area contributed by atoms with Crippen molar-refractivity contribution in [3.05, 3.63) is 29.3 Å². The first-order valence-corrected chi connectivity index (χ1v) is 6.59. The molecule has 0 aliphatic carbocycles. The van der Waals surface area contributed by atoms with E-state index in [0.717, 1.165) is 5.56 Å². The van der Waals surface area contributed by atoms with E-state index in [1.807, 2.05) is 0 Å². The predicted molar refractivity (Wildman–Crippen MR) is 63.6 cm³/mol. The molecule has 1 aromatic carbocycles. The summed E-state index contributed by atoms with van der Waals surface area (Å²) in [7, 11) is -3.93. The standard InChI is InChI=1S/C11H15NO4S/c1-7-3-4-8(2)9(5-7)17(15,16)10(6-12)11(13)14/h3-5,10H,6,12H2,1-2H3,(H,13,14). The van der Waals surface area contributed by atoms with Gasteiger partial charge in [-0.05, 0) is 31.0 Å². The van der Waals surface area contributed by atoms with Crippen LogP contribution in [0, 0.1) is 13.8 Å². The molecule has 0 saturated heterocycles. The molecule has 17 heavy (non-hydrogen) atoms. The lowest BCUT2D eigenvalue weighted by atomic mass is 10.2. The fourth-order valence-corrected chi connectivity index (χ4v) is 3.22. The molecule has 1 aromatic rings. The topological polar surface area (TPSA) is 97.5 Å². The molecule has 94 valence electrons. The van der Waals surface area contributed by atoms with Crippen molar-refractivity contribution in [2.75, 3.05) is 6.54 Å². The van der Waals surface area contributed by atoms with E-state index in [1.54, 1.807) is 26.0 Å². The number of carboxylic acids is 1. The van der Waals surface area contributed by atoms with Gasteiger partial charge in [0.1, 0.15) is 0 Å². The Hall–Kier alpha value is -1.40. The molecule has 6 heteroatoms. The third kappa shape index (κ3) is 2.65. The number of aryl methyl sites for hydroxylation is 2. The highest BCUT2D eigenvalue weighted by Gasteiger charge is 2.33. The molecule has 1 atom stereocenters. The number of nitrogens with two attached hydrogens (primary N) is 1. The smallest absolute Gasteiger partial charge is 0.323 e. The zero-order valence-corrected chi connectivity index (χ0v) is 10.5. The predicted octanol–water partition coefficient (Wildman–Crippen LogP) is 0.489. The molecule has 0 saturated carbocycles. The average Bonchev–Trinajstić information content (AvgIpc) is 2.21. The summed E-state index contributed by atoms with van der Waals surface area (Å²) in [5, 5.41) is 7.28. The van der Waals surface area contributed by atoms with E-state index < -0.39 is 27.6 Å². The van der Waals surface area contributed by atoms with Crippen molar-refractivity contribution in [3.8, 4) is 0 Å². The molecule has 1 unspecified atom stereocenters. The largest absolute Gasteiger partial charge is 0.480 e. The van der Waals surface area contributed by atoms with Crippen molar-refractivity contribution < 1.29 is 18.3 Å². The van der Waals surface area contributed by atoms with Crippen LogP contribution in [-0.2, 0) is 14.6 Å². The van der Waals surface area contributed by atoms with E-state index in [2.05, 4.69) is 0 Å². The van der Waals surface area contributed by atoms with Gasteiger partial charge < -0.3 is 10.8 Å². The number of benzene rings is 1. The molecule has 0 aliphatic rings. The van der Waals surface area contributed by atoms with E-state index in [-0.39, 0.29) is 4.90 Å². The zero-order chi connectivity index (χ0) is 13.2. The molecule has 0 fully saturated rings. The van der Waals surface area contributed by atoms with E-state index in [4.69, 9.17) is 10.8 Å². The Morgan fingerprint density at radius 2 is 2.00 bits per heavy atom. The SMILES string of the molecule is Cc1ccc(C)c(S(=O)(=O)C(CN)C(=O)O)c1. The average molecular weight is 257 g/mol. The molecule has 0 heterocycles. The quantitative estimate of drug-likeness (QED) is 0.818. The van der Waals surface area contributed by atoms with Crippen molar-refractivity contribution in [3.63, 3.8) is 0 Å². The van der Waals surface area contributed by atoms with Crippen LogP contribution in [0.2, 0.25) is 0 Å². The number of hydrogen-bond donors (Lipinski definition) is 2. The summed E-state index contributed by atoms with van der Waals surface area (Å²) in [6.45, 7) is 2.93. The zero-order valence-electron chi connectivity index (χ0n) is 9.67. The fraction of sp³-hybridized carbons (Fsp3) is 0.364. The van der Waals surface area contributed by atoms with Crippen LogP contribution in [0.4, 0.5) is 0 Å². The molecule has 0 bridgehead atoms. The Morgan fingerprint density at radius 1 is 1.41 bits per heavy atom. The second-order valence-corrected chi connectivity index (χ2v) is 5.98. The first-order valence-electron chi connectivity index (χ1n) is 5.04. The highest BCUT2D eigenvalue weighted by Crippen LogP contribution is 2.21. The van der Waals surface area contributed by atoms with E-state index in [1.165, 1.54) is 6.07 Å². The van der Waals surface area contributed by atoms with Gasteiger partial charge in [0.05, 0.1) is 4.90 Å². The lowest BCUT2D eigenvalue weighted by Gasteiger charge is -2.13. The number of sulfone groups is 1. The fourth-order valence-electron chi connectivity index (χ4n) is 1.53. The number of rotatable bonds is 4. The maximum absolute atomic E-state index is 12.1. The lowest BCUT2D eigenvalue weighted by Crippen LogP contribution is -2.37. The number of aliphatic carboxylic acids is 1. The van der Waals surface area contributed by atoms with Gasteiger partial charge in [-0.15, -0.1) is 0 Å². The summed E-state index contributed by atoms with van der Waals surface area (Å²) in [6, 6.07) is 4.89. The number of hydrogen-bond acceptors (Lipinski definition) is 4. The van der Waals surface area contributed by atoms with Crippen molar-refractivity contribution in [2.24, 2.45) is 5.73 Å². The van der Waals surface area contributed by atoms with Crippen molar-refractivity contribution in [2.45, 2.75) is 24.0 Å². The van der Waals surface area contributed by atoms with E-state index in [0.29, 0.717) is 5.56 Å². The lowest BCUT2D eigenvalue weighted by molar-refractivity contribution is -0.136. The summed E-state index contributed by atoms with van der Waals surface area (Å²) < 4.78 is 24.2. The van der Waals surface area contributed by atoms with Crippen LogP contribution in [-0.4, -0.2) is 31.3 Å². The van der Waals surface area contributed by atoms with Crippen LogP contribution in [0.3, 0.4) is 0 Å². The summed E-state index contributed by atoms with van der Waals surface area (Å²) >= 11 is 0. The van der Waals surface area contributed by atoms with E-state index >= 15 is 0 Å². The molecule has 0 amide bonds. The third-order valence-corrected chi connectivity index (χ3v) is 4.71. The highest BCUT2D eigenvalue weighted by molar-refractivity contribution is 7.92. The Labute approximate surface area is 100 Å². The maximum Gasteiger partial charge on any atom is 0.323 e. The molecular weight excluding hydrogens is 242 g/mol. The van der Waals surface area contributed by atoms with Gasteiger partial charge in [-0.1, -0.05) is 12.1 Å². The maximum atomic E-state index is 12.1. The number of carbonyl (C=O) groups is 1. The highest BCUT2D eigenvalue weighted by atomic mass is 32.2. The van der Waals surface area contributed by atoms with Crippen molar-refractivity contribution >= 4 is 15.8 Å². The summed E-state index contributed by atoms with van der Waals surface area (Å²) in [5.74, 6) is -1.42. The molecular formula is C11H15NO4S. The summed E-state index contributed by atoms with van der Waals surface area (Å²) in [5.41, 5.74) is 6.51. The first kappa shape index (κ1) is 13.7. The van der Waals surface area contributed by atoms with Gasteiger partial charge in [0, 0.05) is 6.54 Å². The van der Waals surface area contributed by atoms with E-state index in [9.17, 15) is 13.2 Å². The summed E-state index contributed by atoms with van der Waals surface area (Å²) in [6.07, 6.45) is 0.